The van der Waals surface area contributed by atoms with E-state index in [0.717, 1.165) is 30.6 Å². The number of H-pyrrole nitrogens is 1. The average Bonchev–Trinajstić information content (AvgIpc) is 3.33. The fourth-order valence-electron chi connectivity index (χ4n) is 2.95. The molecule has 0 bridgehead atoms. The fraction of sp³-hybridized carbons (Fsp3) is 0.375. The quantitative estimate of drug-likeness (QED) is 0.718. The normalized spacial score (nSPS) is 16.2. The molecule has 1 aromatic heterocycles. The molecule has 1 aromatic carbocycles. The van der Waals surface area contributed by atoms with Crippen LogP contribution >= 0.6 is 28.3 Å². The number of nitrogens with zero attached hydrogens (tertiary/aromatic N) is 1. The van der Waals surface area contributed by atoms with Crippen LogP contribution < -0.4 is 10.6 Å². The van der Waals surface area contributed by atoms with Crippen LogP contribution in [-0.2, 0) is 13.0 Å². The topological polar surface area (TPSA) is 69.8 Å². The first-order valence-corrected chi connectivity index (χ1v) is 8.50. The Morgan fingerprint density at radius 3 is 2.92 bits per heavy atom. The van der Waals surface area contributed by atoms with Crippen LogP contribution in [0.4, 0.5) is 10.1 Å². The third-order valence-corrected chi connectivity index (χ3v) is 5.19. The van der Waals surface area contributed by atoms with Gasteiger partial charge in [-0.05, 0) is 58.9 Å². The second-order valence-corrected chi connectivity index (χ2v) is 6.81. The molecular weight excluding hydrogens is 399 g/mol. The molecule has 1 aliphatic carbocycles. The molecule has 2 aliphatic rings. The van der Waals surface area contributed by atoms with Crippen molar-refractivity contribution in [2.75, 3.05) is 11.9 Å². The van der Waals surface area contributed by atoms with Gasteiger partial charge in [-0.2, -0.15) is 5.10 Å². The predicted octanol–water partition coefficient (Wildman–Crippen LogP) is 3.51. The van der Waals surface area contributed by atoms with Gasteiger partial charge in [0.05, 0.1) is 15.9 Å². The summed E-state index contributed by atoms with van der Waals surface area (Å²) in [7, 11) is 0. The Morgan fingerprint density at radius 2 is 2.17 bits per heavy atom. The molecule has 0 spiro atoms. The lowest BCUT2D eigenvalue weighted by molar-refractivity contribution is 0.102. The second-order valence-electron chi connectivity index (χ2n) is 6.02. The van der Waals surface area contributed by atoms with Gasteiger partial charge in [0.1, 0.15) is 5.82 Å². The summed E-state index contributed by atoms with van der Waals surface area (Å²) in [6.07, 6.45) is 2.84. The van der Waals surface area contributed by atoms with Crippen molar-refractivity contribution in [3.05, 3.63) is 44.9 Å². The van der Waals surface area contributed by atoms with Crippen molar-refractivity contribution in [3.8, 4) is 0 Å². The van der Waals surface area contributed by atoms with E-state index in [-0.39, 0.29) is 29.6 Å². The van der Waals surface area contributed by atoms with Crippen molar-refractivity contribution in [2.45, 2.75) is 31.7 Å². The van der Waals surface area contributed by atoms with Gasteiger partial charge < -0.3 is 10.6 Å². The number of hydrogen-bond donors (Lipinski definition) is 3. The van der Waals surface area contributed by atoms with Gasteiger partial charge in [-0.15, -0.1) is 12.4 Å². The number of benzene rings is 1. The molecule has 128 valence electrons. The van der Waals surface area contributed by atoms with Crippen LogP contribution in [-0.4, -0.2) is 22.6 Å². The van der Waals surface area contributed by atoms with Crippen LogP contribution in [0.25, 0.3) is 0 Å². The zero-order valence-corrected chi connectivity index (χ0v) is 15.2. The highest BCUT2D eigenvalue weighted by molar-refractivity contribution is 9.10. The molecular formula is C16H17BrClFN4O. The molecule has 3 N–H and O–H groups in total. The summed E-state index contributed by atoms with van der Waals surface area (Å²) >= 11 is 3.43. The van der Waals surface area contributed by atoms with Gasteiger partial charge in [0, 0.05) is 12.5 Å². The summed E-state index contributed by atoms with van der Waals surface area (Å²) in [6.45, 7) is 1.41. The Labute approximate surface area is 153 Å². The van der Waals surface area contributed by atoms with E-state index in [4.69, 9.17) is 0 Å². The van der Waals surface area contributed by atoms with Crippen LogP contribution in [0, 0.1) is 5.82 Å². The Kier molecular flexibility index (Phi) is 4.94. The smallest absolute Gasteiger partial charge is 0.277 e. The first-order valence-electron chi connectivity index (χ1n) is 7.71. The van der Waals surface area contributed by atoms with Crippen molar-refractivity contribution in [3.63, 3.8) is 0 Å². The van der Waals surface area contributed by atoms with Gasteiger partial charge >= 0.3 is 0 Å². The SMILES string of the molecule is Cl.O=C(Nc1ccc2c(c1F)CCNC2)c1n[nH]c(C2CC2)c1Br. The van der Waals surface area contributed by atoms with Crippen molar-refractivity contribution in [1.82, 2.24) is 15.5 Å². The zero-order valence-electron chi connectivity index (χ0n) is 12.8. The molecule has 1 saturated carbocycles. The van der Waals surface area contributed by atoms with E-state index in [1.54, 1.807) is 6.07 Å². The highest BCUT2D eigenvalue weighted by atomic mass is 79.9. The summed E-state index contributed by atoms with van der Waals surface area (Å²) in [5.41, 5.74) is 3.06. The zero-order chi connectivity index (χ0) is 16.0. The number of anilines is 1. The van der Waals surface area contributed by atoms with Crippen molar-refractivity contribution >= 4 is 39.9 Å². The minimum atomic E-state index is -0.409. The molecule has 5 nitrogen and oxygen atoms in total. The summed E-state index contributed by atoms with van der Waals surface area (Å²) < 4.78 is 15.3. The molecule has 2 heterocycles. The second kappa shape index (κ2) is 6.82. The third-order valence-electron chi connectivity index (χ3n) is 4.39. The molecule has 8 heteroatoms. The van der Waals surface area contributed by atoms with Gasteiger partial charge in [0.15, 0.2) is 5.69 Å². The van der Waals surface area contributed by atoms with E-state index in [0.29, 0.717) is 28.9 Å². The Balaban J connectivity index is 0.00000169. The van der Waals surface area contributed by atoms with Gasteiger partial charge in [-0.1, -0.05) is 6.07 Å². The highest BCUT2D eigenvalue weighted by Crippen LogP contribution is 2.43. The fourth-order valence-corrected chi connectivity index (χ4v) is 3.63. The van der Waals surface area contributed by atoms with E-state index in [9.17, 15) is 9.18 Å². The number of amides is 1. The lowest BCUT2D eigenvalue weighted by Gasteiger charge is -2.19. The van der Waals surface area contributed by atoms with Crippen LogP contribution in [0.5, 0.6) is 0 Å². The summed E-state index contributed by atoms with van der Waals surface area (Å²) in [5.74, 6) is -0.300. The molecule has 1 amide bonds. The maximum absolute atomic E-state index is 14.6. The number of hydrogen-bond acceptors (Lipinski definition) is 3. The molecule has 0 radical (unpaired) electrons. The minimum absolute atomic E-state index is 0. The average molecular weight is 416 g/mol. The van der Waals surface area contributed by atoms with E-state index in [1.807, 2.05) is 6.07 Å². The molecule has 1 fully saturated rings. The summed E-state index contributed by atoms with van der Waals surface area (Å²) in [6, 6.07) is 3.47. The van der Waals surface area contributed by atoms with Crippen molar-refractivity contribution in [2.24, 2.45) is 0 Å². The van der Waals surface area contributed by atoms with Crippen LogP contribution in [0.1, 0.15) is 46.1 Å². The van der Waals surface area contributed by atoms with Crippen molar-refractivity contribution in [1.29, 1.82) is 0 Å². The molecule has 24 heavy (non-hydrogen) atoms. The lowest BCUT2D eigenvalue weighted by atomic mass is 9.99. The van der Waals surface area contributed by atoms with Gasteiger partial charge in [0.25, 0.3) is 5.91 Å². The summed E-state index contributed by atoms with van der Waals surface area (Å²) in [5, 5.41) is 12.8. The Morgan fingerprint density at radius 1 is 1.38 bits per heavy atom. The molecule has 0 unspecified atom stereocenters. The number of rotatable bonds is 3. The first-order chi connectivity index (χ1) is 11.1. The van der Waals surface area contributed by atoms with Crippen LogP contribution in [0.2, 0.25) is 0 Å². The largest absolute Gasteiger partial charge is 0.318 e. The number of halogens is 3. The number of aromatic amines is 1. The first kappa shape index (κ1) is 17.4. The Bertz CT molecular complexity index is 791. The molecule has 0 saturated heterocycles. The Hall–Kier alpha value is -1.44. The number of aromatic nitrogens is 2. The van der Waals surface area contributed by atoms with Gasteiger partial charge in [-0.3, -0.25) is 9.89 Å². The van der Waals surface area contributed by atoms with E-state index in [1.165, 1.54) is 0 Å². The lowest BCUT2D eigenvalue weighted by Crippen LogP contribution is -2.25. The van der Waals surface area contributed by atoms with Crippen molar-refractivity contribution < 1.29 is 9.18 Å². The van der Waals surface area contributed by atoms with Gasteiger partial charge in [0.2, 0.25) is 0 Å². The number of carbonyl (C=O) groups excluding carboxylic acids is 1. The molecule has 1 aliphatic heterocycles. The van der Waals surface area contributed by atoms with Crippen LogP contribution in [0.3, 0.4) is 0 Å². The minimum Gasteiger partial charge on any atom is -0.318 e. The predicted molar refractivity (Wildman–Crippen MR) is 95.3 cm³/mol. The van der Waals surface area contributed by atoms with Gasteiger partial charge in [-0.25, -0.2) is 4.39 Å². The van der Waals surface area contributed by atoms with E-state index >= 15 is 0 Å². The van der Waals surface area contributed by atoms with Crippen LogP contribution in [0.15, 0.2) is 16.6 Å². The standard InChI is InChI=1S/C16H16BrFN4O.ClH/c17-12-14(8-1-2-8)21-22-15(12)16(23)20-11-4-3-9-7-19-6-5-10(9)13(11)18;/h3-4,8,19H,1-2,5-7H2,(H,20,23)(H,21,22);1H. The molecule has 0 atom stereocenters. The van der Waals surface area contributed by atoms with E-state index < -0.39 is 5.91 Å². The highest BCUT2D eigenvalue weighted by Gasteiger charge is 2.30. The third kappa shape index (κ3) is 3.08. The number of carbonyl (C=O) groups is 1. The maximum atomic E-state index is 14.6. The molecule has 4 rings (SSSR count). The summed E-state index contributed by atoms with van der Waals surface area (Å²) in [4.78, 5) is 12.4. The molecule has 2 aromatic rings. The number of fused-ring (bicyclic) bond motifs is 1. The maximum Gasteiger partial charge on any atom is 0.277 e. The number of nitrogens with one attached hydrogen (secondary N) is 3. The van der Waals surface area contributed by atoms with E-state index in [2.05, 4.69) is 36.8 Å². The monoisotopic (exact) mass is 414 g/mol.